The smallest absolute Gasteiger partial charge is 0.344 e. The summed E-state index contributed by atoms with van der Waals surface area (Å²) in [6.07, 6.45) is -0.604. The van der Waals surface area contributed by atoms with Gasteiger partial charge in [0.05, 0.1) is 5.56 Å². The third-order valence-electron chi connectivity index (χ3n) is 2.16. The van der Waals surface area contributed by atoms with Gasteiger partial charge >= 0.3 is 5.97 Å². The van der Waals surface area contributed by atoms with Crippen molar-refractivity contribution >= 4 is 11.8 Å². The molecule has 1 atom stereocenters. The average molecular weight is 222 g/mol. The highest BCUT2D eigenvalue weighted by Crippen LogP contribution is 2.20. The summed E-state index contributed by atoms with van der Waals surface area (Å²) in [5.41, 5.74) is 0.429. The Morgan fingerprint density at radius 1 is 1.38 bits per heavy atom. The first-order valence-electron chi connectivity index (χ1n) is 5.08. The Balaban J connectivity index is 2.95. The van der Waals surface area contributed by atoms with Crippen molar-refractivity contribution in [2.24, 2.45) is 0 Å². The molecule has 1 unspecified atom stereocenters. The van der Waals surface area contributed by atoms with Crippen LogP contribution in [0.1, 0.15) is 30.6 Å². The summed E-state index contributed by atoms with van der Waals surface area (Å²) < 4.78 is 5.21. The van der Waals surface area contributed by atoms with E-state index in [1.807, 2.05) is 0 Å². The molecule has 0 bridgehead atoms. The van der Waals surface area contributed by atoms with Crippen molar-refractivity contribution in [3.8, 4) is 5.75 Å². The van der Waals surface area contributed by atoms with E-state index in [0.29, 0.717) is 17.7 Å². The van der Waals surface area contributed by atoms with Crippen LogP contribution in [-0.4, -0.2) is 23.0 Å². The Morgan fingerprint density at radius 3 is 2.56 bits per heavy atom. The normalized spacial score (nSPS) is 11.9. The van der Waals surface area contributed by atoms with Crippen LogP contribution in [0.15, 0.2) is 24.3 Å². The highest BCUT2D eigenvalue weighted by molar-refractivity contribution is 5.98. The van der Waals surface area contributed by atoms with Gasteiger partial charge in [0, 0.05) is 6.42 Å². The summed E-state index contributed by atoms with van der Waals surface area (Å²) in [5, 5.41) is 8.72. The minimum Gasteiger partial charge on any atom is -0.479 e. The lowest BCUT2D eigenvalue weighted by molar-refractivity contribution is -0.144. The minimum atomic E-state index is -1.06. The number of carbonyl (C=O) groups excluding carboxylic acids is 1. The highest BCUT2D eigenvalue weighted by Gasteiger charge is 2.16. The number of carboxylic acids is 1. The lowest BCUT2D eigenvalue weighted by Gasteiger charge is -2.13. The Kier molecular flexibility index (Phi) is 4.05. The van der Waals surface area contributed by atoms with Crippen molar-refractivity contribution in [3.63, 3.8) is 0 Å². The van der Waals surface area contributed by atoms with Crippen LogP contribution in [0.5, 0.6) is 5.75 Å². The molecule has 1 rings (SSSR count). The largest absolute Gasteiger partial charge is 0.479 e. The van der Waals surface area contributed by atoms with E-state index in [1.165, 1.54) is 6.92 Å². The van der Waals surface area contributed by atoms with Crippen LogP contribution in [0.4, 0.5) is 0 Å². The molecule has 0 heterocycles. The number of Topliss-reactive ketones (excluding diaryl/α,β-unsaturated/α-hetero) is 1. The van der Waals surface area contributed by atoms with E-state index in [-0.39, 0.29) is 5.78 Å². The van der Waals surface area contributed by atoms with E-state index < -0.39 is 12.1 Å². The molecule has 0 amide bonds. The molecule has 0 saturated carbocycles. The summed E-state index contributed by atoms with van der Waals surface area (Å²) in [6.45, 7) is 3.18. The Hall–Kier alpha value is -1.84. The molecule has 1 N–H and O–H groups in total. The van der Waals surface area contributed by atoms with Crippen LogP contribution in [0, 0.1) is 0 Å². The second-order valence-corrected chi connectivity index (χ2v) is 3.37. The molecule has 86 valence electrons. The Bertz CT molecular complexity index is 398. The first-order chi connectivity index (χ1) is 7.56. The molecule has 4 nitrogen and oxygen atoms in total. The zero-order valence-corrected chi connectivity index (χ0v) is 9.27. The van der Waals surface area contributed by atoms with Crippen LogP contribution < -0.4 is 4.74 Å². The average Bonchev–Trinajstić information content (AvgIpc) is 2.28. The maximum Gasteiger partial charge on any atom is 0.344 e. The van der Waals surface area contributed by atoms with Gasteiger partial charge in [-0.2, -0.15) is 0 Å². The first kappa shape index (κ1) is 12.2. The number of ketones is 1. The number of hydrogen-bond donors (Lipinski definition) is 1. The number of aliphatic carboxylic acids is 1. The van der Waals surface area contributed by atoms with Gasteiger partial charge in [-0.05, 0) is 19.1 Å². The van der Waals surface area contributed by atoms with Crippen molar-refractivity contribution in [2.45, 2.75) is 26.4 Å². The van der Waals surface area contributed by atoms with Crippen molar-refractivity contribution in [3.05, 3.63) is 29.8 Å². The third-order valence-corrected chi connectivity index (χ3v) is 2.16. The predicted molar refractivity (Wildman–Crippen MR) is 58.8 cm³/mol. The molecule has 4 heteroatoms. The molecule has 0 aliphatic rings. The van der Waals surface area contributed by atoms with Crippen molar-refractivity contribution < 1.29 is 19.4 Å². The molecule has 0 aromatic heterocycles. The topological polar surface area (TPSA) is 63.6 Å². The van der Waals surface area contributed by atoms with Crippen molar-refractivity contribution in [1.29, 1.82) is 0 Å². The lowest BCUT2D eigenvalue weighted by Crippen LogP contribution is -2.23. The summed E-state index contributed by atoms with van der Waals surface area (Å²) in [6, 6.07) is 6.66. The molecular weight excluding hydrogens is 208 g/mol. The van der Waals surface area contributed by atoms with Gasteiger partial charge < -0.3 is 9.84 Å². The van der Waals surface area contributed by atoms with Crippen LogP contribution in [0.2, 0.25) is 0 Å². The zero-order chi connectivity index (χ0) is 12.1. The second kappa shape index (κ2) is 5.30. The number of benzene rings is 1. The summed E-state index contributed by atoms with van der Waals surface area (Å²) in [4.78, 5) is 22.2. The fourth-order valence-corrected chi connectivity index (χ4v) is 1.23. The number of para-hydroxylation sites is 1. The lowest BCUT2D eigenvalue weighted by atomic mass is 10.1. The van der Waals surface area contributed by atoms with E-state index >= 15 is 0 Å². The number of ether oxygens (including phenoxy) is 1. The fraction of sp³-hybridized carbons (Fsp3) is 0.333. The molecular formula is C12H14O4. The van der Waals surface area contributed by atoms with Gasteiger partial charge in [-0.3, -0.25) is 4.79 Å². The number of carboxylic acid groups (broad SMARTS) is 1. The minimum absolute atomic E-state index is 0.0619. The molecule has 0 fully saturated rings. The molecule has 0 radical (unpaired) electrons. The fourth-order valence-electron chi connectivity index (χ4n) is 1.23. The molecule has 0 aliphatic carbocycles. The Morgan fingerprint density at radius 2 is 2.00 bits per heavy atom. The van der Waals surface area contributed by atoms with E-state index in [2.05, 4.69) is 0 Å². The maximum absolute atomic E-state index is 11.6. The molecule has 0 saturated heterocycles. The summed E-state index contributed by atoms with van der Waals surface area (Å²) >= 11 is 0. The third kappa shape index (κ3) is 2.82. The molecule has 0 aliphatic heterocycles. The van der Waals surface area contributed by atoms with Gasteiger partial charge in [-0.1, -0.05) is 19.1 Å². The maximum atomic E-state index is 11.6. The predicted octanol–water partition coefficient (Wildman–Crippen LogP) is 2.13. The van der Waals surface area contributed by atoms with E-state index in [9.17, 15) is 9.59 Å². The van der Waals surface area contributed by atoms with E-state index in [4.69, 9.17) is 9.84 Å². The second-order valence-electron chi connectivity index (χ2n) is 3.37. The van der Waals surface area contributed by atoms with Gasteiger partial charge in [0.25, 0.3) is 0 Å². The van der Waals surface area contributed by atoms with Crippen molar-refractivity contribution in [1.82, 2.24) is 0 Å². The van der Waals surface area contributed by atoms with Crippen LogP contribution in [0.3, 0.4) is 0 Å². The van der Waals surface area contributed by atoms with Crippen LogP contribution >= 0.6 is 0 Å². The number of hydrogen-bond acceptors (Lipinski definition) is 3. The van der Waals surface area contributed by atoms with Gasteiger partial charge in [0.1, 0.15) is 5.75 Å². The molecule has 1 aromatic rings. The monoisotopic (exact) mass is 222 g/mol. The highest BCUT2D eigenvalue weighted by atomic mass is 16.5. The standard InChI is InChI=1S/C12H14O4/c1-3-10(13)9-6-4-5-7-11(9)16-8(2)12(14)15/h4-8H,3H2,1-2H3,(H,14,15). The van der Waals surface area contributed by atoms with Gasteiger partial charge in [-0.25, -0.2) is 4.79 Å². The SMILES string of the molecule is CCC(=O)c1ccccc1OC(C)C(=O)O. The van der Waals surface area contributed by atoms with Crippen LogP contribution in [0.25, 0.3) is 0 Å². The van der Waals surface area contributed by atoms with E-state index in [0.717, 1.165) is 0 Å². The van der Waals surface area contributed by atoms with Gasteiger partial charge in [0.2, 0.25) is 0 Å². The van der Waals surface area contributed by atoms with Crippen LogP contribution in [-0.2, 0) is 4.79 Å². The number of carbonyl (C=O) groups is 2. The molecule has 1 aromatic carbocycles. The van der Waals surface area contributed by atoms with Gasteiger partial charge in [-0.15, -0.1) is 0 Å². The summed E-state index contributed by atoms with van der Waals surface area (Å²) in [5.74, 6) is -0.795. The number of rotatable bonds is 5. The summed E-state index contributed by atoms with van der Waals surface area (Å²) in [7, 11) is 0. The first-order valence-corrected chi connectivity index (χ1v) is 5.08. The van der Waals surface area contributed by atoms with E-state index in [1.54, 1.807) is 31.2 Å². The Labute approximate surface area is 93.9 Å². The molecule has 0 spiro atoms. The zero-order valence-electron chi connectivity index (χ0n) is 9.27. The molecule has 16 heavy (non-hydrogen) atoms. The van der Waals surface area contributed by atoms with Crippen molar-refractivity contribution in [2.75, 3.05) is 0 Å². The van der Waals surface area contributed by atoms with Gasteiger partial charge in [0.15, 0.2) is 11.9 Å². The quantitative estimate of drug-likeness (QED) is 0.775.